The Labute approximate surface area is 125 Å². The van der Waals surface area contributed by atoms with E-state index in [1.807, 2.05) is 0 Å². The summed E-state index contributed by atoms with van der Waals surface area (Å²) < 4.78 is 13.9. The monoisotopic (exact) mass is 303 g/mol. The highest BCUT2D eigenvalue weighted by Crippen LogP contribution is 2.29. The topological polar surface area (TPSA) is 37.4 Å². The second-order valence-corrected chi connectivity index (χ2v) is 5.21. The van der Waals surface area contributed by atoms with Crippen LogP contribution in [0.4, 0.5) is 10.1 Å². The van der Waals surface area contributed by atoms with Crippen LogP contribution in [-0.2, 0) is 0 Å². The highest BCUT2D eigenvalue weighted by Gasteiger charge is 2.28. The third kappa shape index (κ3) is 2.43. The van der Waals surface area contributed by atoms with Gasteiger partial charge in [-0.25, -0.2) is 4.39 Å². The van der Waals surface area contributed by atoms with Crippen molar-refractivity contribution < 1.29 is 14.0 Å². The van der Waals surface area contributed by atoms with Crippen LogP contribution in [0.2, 0.25) is 5.02 Å². The number of carbonyl (C=O) groups is 2. The lowest BCUT2D eigenvalue weighted by atomic mass is 9.99. The average molecular weight is 304 g/mol. The van der Waals surface area contributed by atoms with Crippen molar-refractivity contribution in [3.63, 3.8) is 0 Å². The highest BCUT2D eigenvalue weighted by atomic mass is 35.5. The molecule has 1 amide bonds. The molecule has 3 nitrogen and oxygen atoms in total. The lowest BCUT2D eigenvalue weighted by molar-refractivity contribution is 0.0953. The molecule has 3 rings (SSSR count). The van der Waals surface area contributed by atoms with E-state index in [0.717, 1.165) is 6.07 Å². The van der Waals surface area contributed by atoms with Gasteiger partial charge in [-0.15, -0.1) is 0 Å². The summed E-state index contributed by atoms with van der Waals surface area (Å²) >= 11 is 5.83. The molecule has 21 heavy (non-hydrogen) atoms. The summed E-state index contributed by atoms with van der Waals surface area (Å²) in [4.78, 5) is 25.9. The Morgan fingerprint density at radius 1 is 1.19 bits per heavy atom. The van der Waals surface area contributed by atoms with Crippen LogP contribution in [0.25, 0.3) is 0 Å². The zero-order valence-electron chi connectivity index (χ0n) is 11.0. The van der Waals surface area contributed by atoms with Crippen LogP contribution >= 0.6 is 11.6 Å². The van der Waals surface area contributed by atoms with Crippen LogP contribution in [0, 0.1) is 5.82 Å². The minimum Gasteiger partial charge on any atom is -0.307 e. The zero-order chi connectivity index (χ0) is 15.0. The lowest BCUT2D eigenvalue weighted by Gasteiger charge is -2.28. The van der Waals surface area contributed by atoms with Crippen LogP contribution in [-0.4, -0.2) is 18.2 Å². The first-order chi connectivity index (χ1) is 10.1. The molecule has 0 saturated carbocycles. The van der Waals surface area contributed by atoms with E-state index in [4.69, 9.17) is 11.6 Å². The molecule has 0 spiro atoms. The van der Waals surface area contributed by atoms with E-state index in [1.165, 1.54) is 17.0 Å². The van der Waals surface area contributed by atoms with Crippen molar-refractivity contribution in [3.8, 4) is 0 Å². The van der Waals surface area contributed by atoms with Gasteiger partial charge >= 0.3 is 0 Å². The number of benzene rings is 2. The Kier molecular flexibility index (Phi) is 3.47. The number of carbonyl (C=O) groups excluding carboxylic acids is 2. The first kappa shape index (κ1) is 13.8. The fourth-order valence-electron chi connectivity index (χ4n) is 2.43. The Morgan fingerprint density at radius 2 is 1.95 bits per heavy atom. The van der Waals surface area contributed by atoms with Gasteiger partial charge in [-0.05, 0) is 30.3 Å². The largest absolute Gasteiger partial charge is 0.307 e. The van der Waals surface area contributed by atoms with Gasteiger partial charge in [0, 0.05) is 23.6 Å². The first-order valence-corrected chi connectivity index (χ1v) is 6.85. The van der Waals surface area contributed by atoms with Crippen molar-refractivity contribution in [2.75, 3.05) is 11.4 Å². The van der Waals surface area contributed by atoms with Crippen LogP contribution in [0.3, 0.4) is 0 Å². The number of anilines is 1. The smallest absolute Gasteiger partial charge is 0.261 e. The molecule has 0 bridgehead atoms. The second kappa shape index (κ2) is 5.30. The molecule has 2 aromatic carbocycles. The van der Waals surface area contributed by atoms with E-state index >= 15 is 0 Å². The molecule has 1 aliphatic heterocycles. The molecule has 0 atom stereocenters. The van der Waals surface area contributed by atoms with Gasteiger partial charge < -0.3 is 4.90 Å². The predicted octanol–water partition coefficient (Wildman–Crippen LogP) is 3.71. The number of fused-ring (bicyclic) bond motifs is 1. The molecule has 0 unspecified atom stereocenters. The number of para-hydroxylation sites is 1. The van der Waals surface area contributed by atoms with Gasteiger partial charge in [0.05, 0.1) is 11.3 Å². The molecule has 1 heterocycles. The molecule has 0 aliphatic carbocycles. The van der Waals surface area contributed by atoms with Crippen LogP contribution in [0.1, 0.15) is 27.1 Å². The number of hydrogen-bond donors (Lipinski definition) is 0. The number of Topliss-reactive ketones (excluding diaryl/α,β-unsaturated/α-hetero) is 1. The summed E-state index contributed by atoms with van der Waals surface area (Å²) in [5.41, 5.74) is 0.907. The number of nitrogens with zero attached hydrogens (tertiary/aromatic N) is 1. The fourth-order valence-corrected chi connectivity index (χ4v) is 2.60. The second-order valence-electron chi connectivity index (χ2n) is 4.77. The number of halogens is 2. The zero-order valence-corrected chi connectivity index (χ0v) is 11.7. The normalized spacial score (nSPS) is 14.0. The molecule has 0 radical (unpaired) electrons. The molecule has 0 saturated heterocycles. The molecular weight excluding hydrogens is 293 g/mol. The summed E-state index contributed by atoms with van der Waals surface area (Å²) in [6.07, 6.45) is 0.227. The molecule has 5 heteroatoms. The van der Waals surface area contributed by atoms with E-state index in [0.29, 0.717) is 16.3 Å². The minimum atomic E-state index is -0.626. The summed E-state index contributed by atoms with van der Waals surface area (Å²) in [6.45, 7) is 0.237. The SMILES string of the molecule is O=C1CCN(C(=O)c2cc(Cl)ccc2F)c2ccccc21. The van der Waals surface area contributed by atoms with Crippen molar-refractivity contribution in [2.24, 2.45) is 0 Å². The molecule has 0 aromatic heterocycles. The number of amides is 1. The highest BCUT2D eigenvalue weighted by molar-refractivity contribution is 6.31. The average Bonchev–Trinajstić information content (AvgIpc) is 2.50. The molecule has 1 aliphatic rings. The summed E-state index contributed by atoms with van der Waals surface area (Å²) in [7, 11) is 0. The van der Waals surface area contributed by atoms with Crippen LogP contribution in [0.15, 0.2) is 42.5 Å². The van der Waals surface area contributed by atoms with E-state index in [1.54, 1.807) is 24.3 Å². The van der Waals surface area contributed by atoms with Gasteiger partial charge in [0.2, 0.25) is 0 Å². The molecular formula is C16H11ClFNO2. The van der Waals surface area contributed by atoms with Gasteiger partial charge in [0.15, 0.2) is 5.78 Å². The predicted molar refractivity (Wildman–Crippen MR) is 78.5 cm³/mol. The molecule has 0 N–H and O–H groups in total. The van der Waals surface area contributed by atoms with Gasteiger partial charge in [0.1, 0.15) is 5.82 Å². The fraction of sp³-hybridized carbons (Fsp3) is 0.125. The maximum Gasteiger partial charge on any atom is 0.261 e. The van der Waals surface area contributed by atoms with Gasteiger partial charge in [0.25, 0.3) is 5.91 Å². The Morgan fingerprint density at radius 3 is 2.76 bits per heavy atom. The lowest BCUT2D eigenvalue weighted by Crippen LogP contribution is -2.37. The van der Waals surface area contributed by atoms with E-state index in [2.05, 4.69) is 0 Å². The maximum absolute atomic E-state index is 13.9. The summed E-state index contributed by atoms with van der Waals surface area (Å²) in [5.74, 6) is -1.13. The Bertz CT molecular complexity index is 745. The minimum absolute atomic E-state index is 0.0128. The van der Waals surface area contributed by atoms with Crippen molar-refractivity contribution in [2.45, 2.75) is 6.42 Å². The summed E-state index contributed by atoms with van der Waals surface area (Å²) in [6, 6.07) is 10.7. The van der Waals surface area contributed by atoms with Crippen LogP contribution in [0.5, 0.6) is 0 Å². The van der Waals surface area contributed by atoms with Crippen molar-refractivity contribution in [1.29, 1.82) is 0 Å². The number of ketones is 1. The van der Waals surface area contributed by atoms with E-state index in [-0.39, 0.29) is 24.3 Å². The standard InChI is InChI=1S/C16H11ClFNO2/c17-10-5-6-13(18)12(9-10)16(21)19-8-7-15(20)11-3-1-2-4-14(11)19/h1-6,9H,7-8H2. The van der Waals surface area contributed by atoms with Gasteiger partial charge in [-0.3, -0.25) is 9.59 Å². The Balaban J connectivity index is 2.05. The van der Waals surface area contributed by atoms with E-state index in [9.17, 15) is 14.0 Å². The number of rotatable bonds is 1. The van der Waals surface area contributed by atoms with Crippen molar-refractivity contribution >= 4 is 29.0 Å². The maximum atomic E-state index is 13.9. The summed E-state index contributed by atoms with van der Waals surface area (Å²) in [5, 5.41) is 0.293. The quantitative estimate of drug-likeness (QED) is 0.805. The number of hydrogen-bond acceptors (Lipinski definition) is 2. The van der Waals surface area contributed by atoms with Crippen molar-refractivity contribution in [1.82, 2.24) is 0 Å². The first-order valence-electron chi connectivity index (χ1n) is 6.47. The third-order valence-corrected chi connectivity index (χ3v) is 3.70. The van der Waals surface area contributed by atoms with Crippen molar-refractivity contribution in [3.05, 3.63) is 64.4 Å². The molecule has 0 fully saturated rings. The third-order valence-electron chi connectivity index (χ3n) is 3.46. The van der Waals surface area contributed by atoms with Gasteiger partial charge in [-0.2, -0.15) is 0 Å². The van der Waals surface area contributed by atoms with Crippen LogP contribution < -0.4 is 4.90 Å². The van der Waals surface area contributed by atoms with E-state index < -0.39 is 11.7 Å². The van der Waals surface area contributed by atoms with Gasteiger partial charge in [-0.1, -0.05) is 23.7 Å². The Hall–Kier alpha value is -2.20. The molecule has 106 valence electrons. The molecule has 2 aromatic rings.